The molecule has 0 atom stereocenters. The Labute approximate surface area is 120 Å². The average molecular weight is 376 g/mol. The van der Waals surface area contributed by atoms with Crippen LogP contribution in [0.3, 0.4) is 0 Å². The molecule has 0 bridgehead atoms. The van der Waals surface area contributed by atoms with Crippen molar-refractivity contribution in [2.45, 2.75) is 6.54 Å². The van der Waals surface area contributed by atoms with Crippen molar-refractivity contribution in [3.05, 3.63) is 61.1 Å². The fourth-order valence-corrected chi connectivity index (χ4v) is 2.40. The predicted molar refractivity (Wildman–Crippen MR) is 76.0 cm³/mol. The van der Waals surface area contributed by atoms with Crippen LogP contribution in [0.25, 0.3) is 0 Å². The topological polar surface area (TPSA) is 48.0 Å². The van der Waals surface area contributed by atoms with Crippen molar-refractivity contribution < 1.29 is 4.39 Å². The molecule has 6 heteroatoms. The minimum atomic E-state index is -0.366. The summed E-state index contributed by atoms with van der Waals surface area (Å²) >= 11 is 6.31. The Hall–Kier alpha value is -1.14. The van der Waals surface area contributed by atoms with E-state index in [2.05, 4.69) is 31.9 Å². The molecular formula is C12H9Br2FN2O. The first-order valence-corrected chi connectivity index (χ1v) is 6.65. The summed E-state index contributed by atoms with van der Waals surface area (Å²) in [5, 5.41) is 0. The second kappa shape index (κ2) is 5.24. The van der Waals surface area contributed by atoms with Crippen molar-refractivity contribution in [1.82, 2.24) is 4.57 Å². The standard InChI is InChI=1S/C12H9Br2FN2O/c13-8-2-1-7(11(15)3-8)5-17-6-9(16)4-10(14)12(17)18/h1-4,6H,5,16H2. The van der Waals surface area contributed by atoms with Crippen molar-refractivity contribution in [2.75, 3.05) is 5.73 Å². The molecule has 1 aromatic carbocycles. The van der Waals surface area contributed by atoms with Gasteiger partial charge in [-0.2, -0.15) is 0 Å². The lowest BCUT2D eigenvalue weighted by atomic mass is 10.2. The minimum Gasteiger partial charge on any atom is -0.398 e. The Balaban J connectivity index is 2.43. The molecular weight excluding hydrogens is 367 g/mol. The van der Waals surface area contributed by atoms with Gasteiger partial charge in [0.2, 0.25) is 0 Å². The second-order valence-electron chi connectivity index (χ2n) is 3.79. The van der Waals surface area contributed by atoms with Crippen LogP contribution in [-0.2, 0) is 6.54 Å². The van der Waals surface area contributed by atoms with Crippen LogP contribution < -0.4 is 11.3 Å². The summed E-state index contributed by atoms with van der Waals surface area (Å²) in [6, 6.07) is 6.24. The lowest BCUT2D eigenvalue weighted by molar-refractivity contribution is 0.595. The molecule has 0 aliphatic carbocycles. The van der Waals surface area contributed by atoms with Crippen LogP contribution in [0.2, 0.25) is 0 Å². The Morgan fingerprint density at radius 3 is 2.67 bits per heavy atom. The zero-order valence-electron chi connectivity index (χ0n) is 9.16. The van der Waals surface area contributed by atoms with E-state index in [0.29, 0.717) is 20.2 Å². The highest BCUT2D eigenvalue weighted by atomic mass is 79.9. The van der Waals surface area contributed by atoms with Gasteiger partial charge in [-0.3, -0.25) is 4.79 Å². The average Bonchev–Trinajstić information content (AvgIpc) is 2.29. The highest BCUT2D eigenvalue weighted by molar-refractivity contribution is 9.10. The van der Waals surface area contributed by atoms with Crippen LogP contribution >= 0.6 is 31.9 Å². The fraction of sp³-hybridized carbons (Fsp3) is 0.0833. The third kappa shape index (κ3) is 2.81. The molecule has 0 saturated carbocycles. The van der Waals surface area contributed by atoms with Gasteiger partial charge in [0.1, 0.15) is 5.82 Å². The fourth-order valence-electron chi connectivity index (χ4n) is 1.57. The van der Waals surface area contributed by atoms with Gasteiger partial charge >= 0.3 is 0 Å². The third-order valence-corrected chi connectivity index (χ3v) is 3.48. The van der Waals surface area contributed by atoms with Gasteiger partial charge in [0.25, 0.3) is 5.56 Å². The molecule has 0 fully saturated rings. The lowest BCUT2D eigenvalue weighted by Gasteiger charge is -2.09. The molecule has 0 aliphatic rings. The van der Waals surface area contributed by atoms with Gasteiger partial charge in [0.15, 0.2) is 0 Å². The van der Waals surface area contributed by atoms with Crippen molar-refractivity contribution in [1.29, 1.82) is 0 Å². The number of nitrogen functional groups attached to an aromatic ring is 1. The van der Waals surface area contributed by atoms with Crippen LogP contribution in [0, 0.1) is 5.82 Å². The Morgan fingerprint density at radius 1 is 1.28 bits per heavy atom. The van der Waals surface area contributed by atoms with E-state index >= 15 is 0 Å². The van der Waals surface area contributed by atoms with Crippen LogP contribution in [0.1, 0.15) is 5.56 Å². The van der Waals surface area contributed by atoms with Crippen LogP contribution in [0.15, 0.2) is 44.2 Å². The van der Waals surface area contributed by atoms with Crippen molar-refractivity contribution >= 4 is 37.5 Å². The van der Waals surface area contributed by atoms with Crippen molar-refractivity contribution in [2.24, 2.45) is 0 Å². The molecule has 18 heavy (non-hydrogen) atoms. The maximum absolute atomic E-state index is 13.7. The van der Waals surface area contributed by atoms with Crippen LogP contribution in [0.5, 0.6) is 0 Å². The molecule has 1 aromatic heterocycles. The van der Waals surface area contributed by atoms with E-state index in [1.54, 1.807) is 12.1 Å². The molecule has 2 aromatic rings. The molecule has 0 radical (unpaired) electrons. The molecule has 0 aliphatic heterocycles. The minimum absolute atomic E-state index is 0.140. The highest BCUT2D eigenvalue weighted by Gasteiger charge is 2.07. The van der Waals surface area contributed by atoms with Gasteiger partial charge in [0.05, 0.1) is 11.0 Å². The van der Waals surface area contributed by atoms with Crippen LogP contribution in [-0.4, -0.2) is 4.57 Å². The summed E-state index contributed by atoms with van der Waals surface area (Å²) in [4.78, 5) is 11.8. The predicted octanol–water partition coefficient (Wildman–Crippen LogP) is 3.14. The monoisotopic (exact) mass is 374 g/mol. The van der Waals surface area contributed by atoms with Gasteiger partial charge in [-0.15, -0.1) is 0 Å². The van der Waals surface area contributed by atoms with E-state index in [9.17, 15) is 9.18 Å². The van der Waals surface area contributed by atoms with Crippen molar-refractivity contribution in [3.63, 3.8) is 0 Å². The number of nitrogens with zero attached hydrogens (tertiary/aromatic N) is 1. The summed E-state index contributed by atoms with van der Waals surface area (Å²) in [6.45, 7) is 0.140. The van der Waals surface area contributed by atoms with E-state index < -0.39 is 0 Å². The maximum atomic E-state index is 13.7. The quantitative estimate of drug-likeness (QED) is 0.876. The Kier molecular flexibility index (Phi) is 3.87. The van der Waals surface area contributed by atoms with Gasteiger partial charge < -0.3 is 10.3 Å². The van der Waals surface area contributed by atoms with Crippen LogP contribution in [0.4, 0.5) is 10.1 Å². The Morgan fingerprint density at radius 2 is 2.00 bits per heavy atom. The number of nitrogens with two attached hydrogens (primary N) is 1. The Bertz CT molecular complexity index is 655. The molecule has 94 valence electrons. The summed E-state index contributed by atoms with van der Waals surface area (Å²) in [7, 11) is 0. The van der Waals surface area contributed by atoms with Crippen molar-refractivity contribution in [3.8, 4) is 0 Å². The molecule has 2 rings (SSSR count). The molecule has 2 N–H and O–H groups in total. The van der Waals surface area contributed by atoms with E-state index in [1.807, 2.05) is 0 Å². The van der Waals surface area contributed by atoms with Gasteiger partial charge in [-0.25, -0.2) is 4.39 Å². The molecule has 0 saturated heterocycles. The number of hydrogen-bond donors (Lipinski definition) is 1. The zero-order valence-corrected chi connectivity index (χ0v) is 12.3. The number of rotatable bonds is 2. The third-order valence-electron chi connectivity index (χ3n) is 2.42. The van der Waals surface area contributed by atoms with E-state index in [0.717, 1.165) is 0 Å². The molecule has 0 unspecified atom stereocenters. The molecule has 3 nitrogen and oxygen atoms in total. The number of benzene rings is 1. The molecule has 0 spiro atoms. The smallest absolute Gasteiger partial charge is 0.265 e. The molecule has 0 amide bonds. The summed E-state index contributed by atoms with van der Waals surface area (Å²) in [6.07, 6.45) is 1.49. The van der Waals surface area contributed by atoms with Gasteiger partial charge in [-0.05, 0) is 34.1 Å². The first-order valence-electron chi connectivity index (χ1n) is 5.07. The maximum Gasteiger partial charge on any atom is 0.265 e. The first kappa shape index (κ1) is 13.3. The van der Waals surface area contributed by atoms with Gasteiger partial charge in [0, 0.05) is 21.9 Å². The lowest BCUT2D eigenvalue weighted by Crippen LogP contribution is -2.21. The van der Waals surface area contributed by atoms with Gasteiger partial charge in [-0.1, -0.05) is 22.0 Å². The highest BCUT2D eigenvalue weighted by Crippen LogP contribution is 2.16. The second-order valence-corrected chi connectivity index (χ2v) is 5.56. The van der Waals surface area contributed by atoms with E-state index in [1.165, 1.54) is 22.9 Å². The largest absolute Gasteiger partial charge is 0.398 e. The number of anilines is 1. The number of halogens is 3. The SMILES string of the molecule is Nc1cc(Br)c(=O)n(Cc2ccc(Br)cc2F)c1. The first-order chi connectivity index (χ1) is 8.47. The number of pyridine rings is 1. The molecule has 1 heterocycles. The zero-order chi connectivity index (χ0) is 13.3. The summed E-state index contributed by atoms with van der Waals surface area (Å²) in [5.74, 6) is -0.366. The summed E-state index contributed by atoms with van der Waals surface area (Å²) in [5.41, 5.74) is 6.28. The number of aromatic nitrogens is 1. The van der Waals surface area contributed by atoms with E-state index in [4.69, 9.17) is 5.73 Å². The van der Waals surface area contributed by atoms with E-state index in [-0.39, 0.29) is 17.9 Å². The number of hydrogen-bond acceptors (Lipinski definition) is 2. The normalized spacial score (nSPS) is 10.6. The summed E-state index contributed by atoms with van der Waals surface area (Å²) < 4.78 is 16.1.